The van der Waals surface area contributed by atoms with Gasteiger partial charge in [-0.2, -0.15) is 0 Å². The van der Waals surface area contributed by atoms with Crippen molar-refractivity contribution in [2.24, 2.45) is 7.05 Å². The summed E-state index contributed by atoms with van der Waals surface area (Å²) in [5.74, 6) is 0.366. The van der Waals surface area contributed by atoms with Crippen LogP contribution in [0, 0.1) is 6.92 Å². The normalized spacial score (nSPS) is 11.0. The molecule has 10 heteroatoms. The second-order valence-corrected chi connectivity index (χ2v) is 9.44. The van der Waals surface area contributed by atoms with E-state index in [0.29, 0.717) is 16.1 Å². The van der Waals surface area contributed by atoms with E-state index in [0.717, 1.165) is 33.5 Å². The van der Waals surface area contributed by atoms with Crippen LogP contribution in [-0.2, 0) is 29.5 Å². The summed E-state index contributed by atoms with van der Waals surface area (Å²) in [6, 6.07) is 13.7. The molecule has 2 amide bonds. The molecule has 0 radical (unpaired) electrons. The van der Waals surface area contributed by atoms with E-state index in [-0.39, 0.29) is 24.0 Å². The highest BCUT2D eigenvalue weighted by Crippen LogP contribution is 2.28. The molecular weight excluding hydrogens is 456 g/mol. The number of thiazole rings is 1. The van der Waals surface area contributed by atoms with Crippen molar-refractivity contribution in [1.29, 1.82) is 0 Å². The van der Waals surface area contributed by atoms with Crippen LogP contribution in [0.4, 0.5) is 10.8 Å². The lowest BCUT2D eigenvalue weighted by Crippen LogP contribution is -2.18. The van der Waals surface area contributed by atoms with Gasteiger partial charge in [0.1, 0.15) is 5.82 Å². The van der Waals surface area contributed by atoms with Crippen molar-refractivity contribution in [3.63, 3.8) is 0 Å². The third kappa shape index (κ3) is 5.40. The van der Waals surface area contributed by atoms with Crippen molar-refractivity contribution in [1.82, 2.24) is 19.7 Å². The van der Waals surface area contributed by atoms with Crippen LogP contribution >= 0.6 is 23.1 Å². The second-order valence-electron chi connectivity index (χ2n) is 7.47. The number of para-hydroxylation sites is 2. The Hall–Kier alpha value is -3.24. The molecule has 8 nitrogen and oxygen atoms in total. The van der Waals surface area contributed by atoms with Gasteiger partial charge in [-0.15, -0.1) is 10.2 Å². The zero-order chi connectivity index (χ0) is 23.4. The lowest BCUT2D eigenvalue weighted by Gasteiger charge is -2.09. The number of anilines is 2. The predicted molar refractivity (Wildman–Crippen MR) is 133 cm³/mol. The number of nitrogens with one attached hydrogen (secondary N) is 2. The molecule has 0 saturated heterocycles. The summed E-state index contributed by atoms with van der Waals surface area (Å²) in [5, 5.41) is 15.2. The summed E-state index contributed by atoms with van der Waals surface area (Å²) in [4.78, 5) is 29.4. The van der Waals surface area contributed by atoms with Gasteiger partial charge in [0.05, 0.1) is 22.4 Å². The van der Waals surface area contributed by atoms with E-state index < -0.39 is 0 Å². The fourth-order valence-electron chi connectivity index (χ4n) is 3.34. The van der Waals surface area contributed by atoms with Crippen LogP contribution in [0.2, 0.25) is 0 Å². The summed E-state index contributed by atoms with van der Waals surface area (Å²) < 4.78 is 2.78. The highest BCUT2D eigenvalue weighted by Gasteiger charge is 2.16. The topological polar surface area (TPSA) is 102 Å². The van der Waals surface area contributed by atoms with E-state index in [9.17, 15) is 9.59 Å². The molecule has 0 atom stereocenters. The largest absolute Gasteiger partial charge is 0.325 e. The molecule has 0 aliphatic carbocycles. The van der Waals surface area contributed by atoms with E-state index in [2.05, 4.69) is 25.8 Å². The number of benzene rings is 2. The highest BCUT2D eigenvalue weighted by molar-refractivity contribution is 7.99. The number of thioether (sulfide) groups is 1. The number of hydrogen-bond acceptors (Lipinski definition) is 7. The van der Waals surface area contributed by atoms with Gasteiger partial charge in [0.25, 0.3) is 0 Å². The van der Waals surface area contributed by atoms with Gasteiger partial charge in [0, 0.05) is 12.7 Å². The molecule has 2 aromatic carbocycles. The maximum Gasteiger partial charge on any atom is 0.236 e. The zero-order valence-electron chi connectivity index (χ0n) is 18.6. The molecule has 4 rings (SSSR count). The maximum absolute atomic E-state index is 12.5. The zero-order valence-corrected chi connectivity index (χ0v) is 20.2. The minimum atomic E-state index is -0.171. The molecule has 2 aromatic heterocycles. The van der Waals surface area contributed by atoms with E-state index in [1.807, 2.05) is 56.3 Å². The molecule has 0 aliphatic rings. The predicted octanol–water partition coefficient (Wildman–Crippen LogP) is 4.21. The molecule has 0 bridgehead atoms. The average Bonchev–Trinajstić information content (AvgIpc) is 3.36. The molecule has 0 fully saturated rings. The van der Waals surface area contributed by atoms with Gasteiger partial charge in [-0.3, -0.25) is 9.59 Å². The standard InChI is InChI=1S/C23H24N6O2S2/c1-4-15-9-5-6-10-16(15)24-19(30)12-18-27-28-23(29(18)3)32-13-20(31)25-22-26-21-14(2)8-7-11-17(21)33-22/h5-11H,4,12-13H2,1-3H3,(H,24,30)(H,25,26,31). The first-order valence-corrected chi connectivity index (χ1v) is 12.3. The fraction of sp³-hybridized carbons (Fsp3) is 0.261. The Bertz CT molecular complexity index is 1310. The van der Waals surface area contributed by atoms with Gasteiger partial charge < -0.3 is 15.2 Å². The summed E-state index contributed by atoms with van der Waals surface area (Å²) in [6.45, 7) is 4.04. The Morgan fingerprint density at radius 1 is 1.06 bits per heavy atom. The van der Waals surface area contributed by atoms with Crippen LogP contribution in [0.15, 0.2) is 47.6 Å². The molecule has 2 heterocycles. The van der Waals surface area contributed by atoms with Gasteiger partial charge in [-0.05, 0) is 36.6 Å². The summed E-state index contributed by atoms with van der Waals surface area (Å²) in [5.41, 5.74) is 3.87. The van der Waals surface area contributed by atoms with Gasteiger partial charge in [-0.25, -0.2) is 4.98 Å². The summed E-state index contributed by atoms with van der Waals surface area (Å²) in [6.07, 6.45) is 0.930. The minimum Gasteiger partial charge on any atom is -0.325 e. The van der Waals surface area contributed by atoms with Gasteiger partial charge in [-0.1, -0.05) is 60.4 Å². The molecule has 170 valence electrons. The number of carbonyl (C=O) groups is 2. The molecule has 2 N–H and O–H groups in total. The van der Waals surface area contributed by atoms with Crippen molar-refractivity contribution in [2.75, 3.05) is 16.4 Å². The number of fused-ring (bicyclic) bond motifs is 1. The van der Waals surface area contributed by atoms with Crippen LogP contribution < -0.4 is 10.6 Å². The third-order valence-corrected chi connectivity index (χ3v) is 7.07. The highest BCUT2D eigenvalue weighted by atomic mass is 32.2. The molecule has 0 unspecified atom stereocenters. The number of amides is 2. The van der Waals surface area contributed by atoms with Crippen molar-refractivity contribution in [2.45, 2.75) is 31.8 Å². The van der Waals surface area contributed by atoms with Crippen LogP contribution in [0.25, 0.3) is 10.2 Å². The Labute approximate surface area is 199 Å². The monoisotopic (exact) mass is 480 g/mol. The summed E-state index contributed by atoms with van der Waals surface area (Å²) in [7, 11) is 1.79. The lowest BCUT2D eigenvalue weighted by molar-refractivity contribution is -0.116. The van der Waals surface area contributed by atoms with E-state index in [1.54, 1.807) is 11.6 Å². The summed E-state index contributed by atoms with van der Waals surface area (Å²) >= 11 is 2.71. The van der Waals surface area contributed by atoms with E-state index in [4.69, 9.17) is 0 Å². The van der Waals surface area contributed by atoms with Crippen molar-refractivity contribution < 1.29 is 9.59 Å². The van der Waals surface area contributed by atoms with Crippen LogP contribution in [0.3, 0.4) is 0 Å². The average molecular weight is 481 g/mol. The Morgan fingerprint density at radius 3 is 2.67 bits per heavy atom. The quantitative estimate of drug-likeness (QED) is 0.366. The van der Waals surface area contributed by atoms with Crippen LogP contribution in [0.5, 0.6) is 0 Å². The molecule has 0 spiro atoms. The van der Waals surface area contributed by atoms with E-state index in [1.165, 1.54) is 23.1 Å². The third-order valence-electron chi connectivity index (χ3n) is 5.12. The fourth-order valence-corrected chi connectivity index (χ4v) is 5.03. The molecule has 4 aromatic rings. The number of aryl methyl sites for hydroxylation is 2. The van der Waals surface area contributed by atoms with Crippen molar-refractivity contribution >= 4 is 55.9 Å². The van der Waals surface area contributed by atoms with Crippen molar-refractivity contribution in [3.05, 3.63) is 59.4 Å². The minimum absolute atomic E-state index is 0.0966. The van der Waals surface area contributed by atoms with Gasteiger partial charge >= 0.3 is 0 Å². The van der Waals surface area contributed by atoms with Crippen molar-refractivity contribution in [3.8, 4) is 0 Å². The molecular formula is C23H24N6O2S2. The number of carbonyl (C=O) groups excluding carboxylic acids is 2. The van der Waals surface area contributed by atoms with E-state index >= 15 is 0 Å². The van der Waals surface area contributed by atoms with Crippen LogP contribution in [-0.4, -0.2) is 37.3 Å². The van der Waals surface area contributed by atoms with Gasteiger partial charge in [0.2, 0.25) is 11.8 Å². The Morgan fingerprint density at radius 2 is 1.88 bits per heavy atom. The van der Waals surface area contributed by atoms with Crippen LogP contribution in [0.1, 0.15) is 23.9 Å². The first-order valence-electron chi connectivity index (χ1n) is 10.5. The maximum atomic E-state index is 12.5. The lowest BCUT2D eigenvalue weighted by atomic mass is 10.1. The Balaban J connectivity index is 1.33. The molecule has 0 saturated carbocycles. The SMILES string of the molecule is CCc1ccccc1NC(=O)Cc1nnc(SCC(=O)Nc2nc3c(C)cccc3s2)n1C. The number of rotatable bonds is 8. The number of aromatic nitrogens is 4. The first-order chi connectivity index (χ1) is 15.9. The first kappa shape index (κ1) is 22.9. The molecule has 33 heavy (non-hydrogen) atoms. The number of hydrogen-bond donors (Lipinski definition) is 2. The smallest absolute Gasteiger partial charge is 0.236 e. The Kier molecular flexibility index (Phi) is 7.05. The molecule has 0 aliphatic heterocycles. The number of nitrogens with zero attached hydrogens (tertiary/aromatic N) is 4. The second kappa shape index (κ2) is 10.1. The van der Waals surface area contributed by atoms with Gasteiger partial charge in [0.15, 0.2) is 10.3 Å².